The molecule has 88 valence electrons. The zero-order valence-electron chi connectivity index (χ0n) is 9.56. The molecule has 0 aliphatic heterocycles. The van der Waals surface area contributed by atoms with Gasteiger partial charge in [0.15, 0.2) is 5.13 Å². The van der Waals surface area contributed by atoms with Gasteiger partial charge in [-0.25, -0.2) is 4.98 Å². The van der Waals surface area contributed by atoms with Crippen LogP contribution in [-0.2, 0) is 4.79 Å². The van der Waals surface area contributed by atoms with Crippen LogP contribution < -0.4 is 5.32 Å². The fraction of sp³-hybridized carbons (Fsp3) is 0.167. The van der Waals surface area contributed by atoms with Crippen molar-refractivity contribution in [1.29, 1.82) is 0 Å². The van der Waals surface area contributed by atoms with Gasteiger partial charge in [0.25, 0.3) is 0 Å². The number of thiophene rings is 1. The molecule has 3 nitrogen and oxygen atoms in total. The molecule has 0 atom stereocenters. The van der Waals surface area contributed by atoms with Crippen LogP contribution >= 0.6 is 22.7 Å². The van der Waals surface area contributed by atoms with Crippen molar-refractivity contribution >= 4 is 33.7 Å². The highest BCUT2D eigenvalue weighted by Gasteiger charge is 2.06. The maximum Gasteiger partial charge on any atom is 0.250 e. The highest BCUT2D eigenvalue weighted by molar-refractivity contribution is 7.16. The van der Waals surface area contributed by atoms with Crippen molar-refractivity contribution in [1.82, 2.24) is 4.98 Å². The van der Waals surface area contributed by atoms with E-state index >= 15 is 0 Å². The summed E-state index contributed by atoms with van der Waals surface area (Å²) >= 11 is 3.08. The number of rotatable bonds is 3. The third kappa shape index (κ3) is 3.25. The number of thiazole rings is 1. The van der Waals surface area contributed by atoms with Crippen molar-refractivity contribution in [3.8, 4) is 10.6 Å². The molecule has 2 rings (SSSR count). The number of nitrogens with zero attached hydrogens (tertiary/aromatic N) is 1. The zero-order valence-corrected chi connectivity index (χ0v) is 11.2. The first-order chi connectivity index (χ1) is 8.15. The van der Waals surface area contributed by atoms with Crippen molar-refractivity contribution in [2.45, 2.75) is 13.8 Å². The van der Waals surface area contributed by atoms with Crippen LogP contribution in [0.3, 0.4) is 0 Å². The van der Waals surface area contributed by atoms with Gasteiger partial charge in [-0.1, -0.05) is 11.6 Å². The summed E-state index contributed by atoms with van der Waals surface area (Å²) in [5, 5.41) is 7.35. The fourth-order valence-electron chi connectivity index (χ4n) is 1.27. The third-order valence-corrected chi connectivity index (χ3v) is 3.58. The van der Waals surface area contributed by atoms with Crippen molar-refractivity contribution in [2.75, 3.05) is 5.32 Å². The predicted octanol–water partition coefficient (Wildman–Crippen LogP) is 3.78. The molecular formula is C12H12N2OS2. The molecule has 2 heterocycles. The van der Waals surface area contributed by atoms with Crippen LogP contribution in [0, 0.1) is 0 Å². The number of hydrogen-bond acceptors (Lipinski definition) is 4. The molecule has 2 aromatic rings. The number of aromatic nitrogens is 1. The van der Waals surface area contributed by atoms with E-state index in [1.165, 1.54) is 11.3 Å². The Hall–Kier alpha value is -1.46. The summed E-state index contributed by atoms with van der Waals surface area (Å²) in [5.41, 5.74) is 1.88. The van der Waals surface area contributed by atoms with E-state index in [2.05, 4.69) is 10.3 Å². The molecule has 0 aromatic carbocycles. The first-order valence-electron chi connectivity index (χ1n) is 5.10. The van der Waals surface area contributed by atoms with Gasteiger partial charge in [-0.2, -0.15) is 0 Å². The Balaban J connectivity index is 2.09. The van der Waals surface area contributed by atoms with Crippen molar-refractivity contribution < 1.29 is 4.79 Å². The van der Waals surface area contributed by atoms with Gasteiger partial charge in [0.2, 0.25) is 5.91 Å². The van der Waals surface area contributed by atoms with Crippen LogP contribution in [-0.4, -0.2) is 10.9 Å². The van der Waals surface area contributed by atoms with Crippen LogP contribution in [0.4, 0.5) is 5.13 Å². The second-order valence-electron chi connectivity index (χ2n) is 3.73. The van der Waals surface area contributed by atoms with E-state index in [1.807, 2.05) is 36.7 Å². The van der Waals surface area contributed by atoms with Crippen LogP contribution in [0.25, 0.3) is 10.6 Å². The first-order valence-corrected chi connectivity index (χ1v) is 6.86. The molecule has 0 radical (unpaired) electrons. The number of amides is 1. The summed E-state index contributed by atoms with van der Waals surface area (Å²) in [6, 6.07) is 4.00. The number of carbonyl (C=O) groups excluding carboxylic acids is 1. The standard InChI is InChI=1S/C12H12N2OS2/c1-8(2)6-11(15)14-12-13-9(7-17-12)10-4-3-5-16-10/h3-7H,1-2H3,(H,13,14,15). The van der Waals surface area contributed by atoms with E-state index in [4.69, 9.17) is 0 Å². The van der Waals surface area contributed by atoms with Crippen molar-refractivity contribution in [3.05, 3.63) is 34.5 Å². The van der Waals surface area contributed by atoms with E-state index in [0.717, 1.165) is 16.1 Å². The van der Waals surface area contributed by atoms with E-state index in [9.17, 15) is 4.79 Å². The molecule has 0 aliphatic rings. The van der Waals surface area contributed by atoms with Gasteiger partial charge in [-0.15, -0.1) is 22.7 Å². The minimum Gasteiger partial charge on any atom is -0.298 e. The predicted molar refractivity (Wildman–Crippen MR) is 73.5 cm³/mol. The fourth-order valence-corrected chi connectivity index (χ4v) is 2.75. The Kier molecular flexibility index (Phi) is 3.71. The van der Waals surface area contributed by atoms with Crippen LogP contribution in [0.5, 0.6) is 0 Å². The van der Waals surface area contributed by atoms with E-state index in [0.29, 0.717) is 5.13 Å². The van der Waals surface area contributed by atoms with E-state index in [-0.39, 0.29) is 5.91 Å². The molecule has 0 spiro atoms. The molecule has 0 bridgehead atoms. The zero-order chi connectivity index (χ0) is 12.3. The SMILES string of the molecule is CC(C)=CC(=O)Nc1nc(-c2cccs2)cs1. The molecular weight excluding hydrogens is 252 g/mol. The van der Waals surface area contributed by atoms with Gasteiger partial charge in [0.1, 0.15) is 0 Å². The molecule has 17 heavy (non-hydrogen) atoms. The summed E-state index contributed by atoms with van der Waals surface area (Å²) in [4.78, 5) is 17.0. The van der Waals surface area contributed by atoms with E-state index < -0.39 is 0 Å². The number of hydrogen-bond donors (Lipinski definition) is 1. The smallest absolute Gasteiger partial charge is 0.250 e. The maximum absolute atomic E-state index is 11.5. The van der Waals surface area contributed by atoms with Crippen LogP contribution in [0.15, 0.2) is 34.5 Å². The highest BCUT2D eigenvalue weighted by Crippen LogP contribution is 2.28. The lowest BCUT2D eigenvalue weighted by molar-refractivity contribution is -0.111. The first kappa shape index (κ1) is 12.0. The lowest BCUT2D eigenvalue weighted by Gasteiger charge is -1.96. The quantitative estimate of drug-likeness (QED) is 0.857. The molecule has 1 N–H and O–H groups in total. The largest absolute Gasteiger partial charge is 0.298 e. The summed E-state index contributed by atoms with van der Waals surface area (Å²) in [5.74, 6) is -0.128. The maximum atomic E-state index is 11.5. The number of allylic oxidation sites excluding steroid dienone is 1. The van der Waals surface area contributed by atoms with Crippen molar-refractivity contribution in [2.24, 2.45) is 0 Å². The molecule has 0 saturated carbocycles. The monoisotopic (exact) mass is 264 g/mol. The molecule has 5 heteroatoms. The second kappa shape index (κ2) is 5.25. The minimum absolute atomic E-state index is 0.128. The van der Waals surface area contributed by atoms with E-state index in [1.54, 1.807) is 17.4 Å². The summed E-state index contributed by atoms with van der Waals surface area (Å²) in [7, 11) is 0. The van der Waals surface area contributed by atoms with Gasteiger partial charge in [0, 0.05) is 11.5 Å². The van der Waals surface area contributed by atoms with Gasteiger partial charge in [0.05, 0.1) is 10.6 Å². The number of carbonyl (C=O) groups is 1. The molecule has 0 saturated heterocycles. The number of nitrogens with one attached hydrogen (secondary N) is 1. The Morgan fingerprint density at radius 2 is 2.24 bits per heavy atom. The topological polar surface area (TPSA) is 42.0 Å². The highest BCUT2D eigenvalue weighted by atomic mass is 32.1. The Bertz CT molecular complexity index is 537. The van der Waals surface area contributed by atoms with Crippen LogP contribution in [0.2, 0.25) is 0 Å². The summed E-state index contributed by atoms with van der Waals surface area (Å²) in [6.45, 7) is 3.77. The summed E-state index contributed by atoms with van der Waals surface area (Å²) in [6.07, 6.45) is 1.56. The average Bonchev–Trinajstić information content (AvgIpc) is 2.84. The lowest BCUT2D eigenvalue weighted by atomic mass is 10.3. The third-order valence-electron chi connectivity index (χ3n) is 1.93. The Labute approximate surface area is 108 Å². The van der Waals surface area contributed by atoms with Gasteiger partial charge >= 0.3 is 0 Å². The van der Waals surface area contributed by atoms with Gasteiger partial charge in [-0.05, 0) is 25.3 Å². The van der Waals surface area contributed by atoms with Gasteiger partial charge in [-0.3, -0.25) is 10.1 Å². The Morgan fingerprint density at radius 1 is 1.41 bits per heavy atom. The second-order valence-corrected chi connectivity index (χ2v) is 5.53. The Morgan fingerprint density at radius 3 is 2.88 bits per heavy atom. The van der Waals surface area contributed by atoms with Crippen LogP contribution in [0.1, 0.15) is 13.8 Å². The normalized spacial score (nSPS) is 10.0. The molecule has 0 aliphatic carbocycles. The minimum atomic E-state index is -0.128. The lowest BCUT2D eigenvalue weighted by Crippen LogP contribution is -2.07. The average molecular weight is 264 g/mol. The molecule has 0 fully saturated rings. The molecule has 1 amide bonds. The van der Waals surface area contributed by atoms with Gasteiger partial charge < -0.3 is 0 Å². The summed E-state index contributed by atoms with van der Waals surface area (Å²) < 4.78 is 0. The molecule has 2 aromatic heterocycles. The molecule has 0 unspecified atom stereocenters. The number of anilines is 1. The van der Waals surface area contributed by atoms with Crippen molar-refractivity contribution in [3.63, 3.8) is 0 Å².